The van der Waals surface area contributed by atoms with Crippen molar-refractivity contribution in [3.8, 4) is 0 Å². The number of carbonyl (C=O) groups is 1. The van der Waals surface area contributed by atoms with Crippen molar-refractivity contribution in [3.05, 3.63) is 0 Å². The van der Waals surface area contributed by atoms with Crippen LogP contribution in [0.4, 0.5) is 4.79 Å². The lowest BCUT2D eigenvalue weighted by molar-refractivity contribution is 0.0520. The van der Waals surface area contributed by atoms with Crippen molar-refractivity contribution in [1.82, 2.24) is 16.0 Å². The van der Waals surface area contributed by atoms with Crippen LogP contribution >= 0.6 is 0 Å². The third kappa shape index (κ3) is 9.82. The summed E-state index contributed by atoms with van der Waals surface area (Å²) in [7, 11) is 0. The first-order valence-corrected chi connectivity index (χ1v) is 9.26. The van der Waals surface area contributed by atoms with E-state index in [9.17, 15) is 4.79 Å². The predicted octanol–water partition coefficient (Wildman–Crippen LogP) is 3.19. The summed E-state index contributed by atoms with van der Waals surface area (Å²) in [5, 5.41) is 10.2. The van der Waals surface area contributed by atoms with Crippen LogP contribution in [-0.2, 0) is 4.74 Å². The van der Waals surface area contributed by atoms with Crippen LogP contribution in [0.5, 0.6) is 0 Å². The molecular formula is C18H37N3O2. The van der Waals surface area contributed by atoms with Crippen molar-refractivity contribution < 1.29 is 9.53 Å². The molecule has 0 saturated carbocycles. The predicted molar refractivity (Wildman–Crippen MR) is 95.8 cm³/mol. The van der Waals surface area contributed by atoms with E-state index in [1.165, 1.54) is 19.3 Å². The molecule has 0 radical (unpaired) electrons. The summed E-state index contributed by atoms with van der Waals surface area (Å²) in [6, 6.07) is 1.38. The standard InChI is InChI=1S/C18H37N3O2/c1-6-9-16(13-20-17(22)23-18(3,4)5)21-14(2)12-15-10-7-8-11-19-15/h14-16,19,21H,6-13H2,1-5H3,(H,20,22). The molecule has 1 aliphatic heterocycles. The van der Waals surface area contributed by atoms with Crippen LogP contribution in [-0.4, -0.2) is 42.9 Å². The number of piperidine rings is 1. The minimum Gasteiger partial charge on any atom is -0.444 e. The van der Waals surface area contributed by atoms with Gasteiger partial charge in [0.25, 0.3) is 0 Å². The van der Waals surface area contributed by atoms with Crippen LogP contribution in [0.2, 0.25) is 0 Å². The van der Waals surface area contributed by atoms with Gasteiger partial charge in [0.1, 0.15) is 5.60 Å². The second-order valence-electron chi connectivity index (χ2n) is 7.82. The highest BCUT2D eigenvalue weighted by Gasteiger charge is 2.20. The van der Waals surface area contributed by atoms with Crippen LogP contribution in [0.25, 0.3) is 0 Å². The van der Waals surface area contributed by atoms with Gasteiger partial charge in [-0.2, -0.15) is 0 Å². The lowest BCUT2D eigenvalue weighted by Gasteiger charge is -2.29. The number of amides is 1. The van der Waals surface area contributed by atoms with Crippen molar-refractivity contribution in [1.29, 1.82) is 0 Å². The first-order chi connectivity index (χ1) is 10.8. The van der Waals surface area contributed by atoms with Gasteiger partial charge in [-0.25, -0.2) is 4.79 Å². The van der Waals surface area contributed by atoms with E-state index < -0.39 is 5.60 Å². The third-order valence-corrected chi connectivity index (χ3v) is 4.10. The first kappa shape index (κ1) is 20.2. The largest absolute Gasteiger partial charge is 0.444 e. The molecule has 0 aromatic carbocycles. The molecule has 5 nitrogen and oxygen atoms in total. The zero-order chi connectivity index (χ0) is 17.3. The molecule has 1 heterocycles. The highest BCUT2D eigenvalue weighted by atomic mass is 16.6. The summed E-state index contributed by atoms with van der Waals surface area (Å²) in [6.07, 6.45) is 6.88. The fourth-order valence-electron chi connectivity index (χ4n) is 3.14. The normalized spacial score (nSPS) is 21.5. The van der Waals surface area contributed by atoms with E-state index in [2.05, 4.69) is 29.8 Å². The molecule has 5 heteroatoms. The second-order valence-corrected chi connectivity index (χ2v) is 7.82. The molecule has 3 N–H and O–H groups in total. The summed E-state index contributed by atoms with van der Waals surface area (Å²) in [4.78, 5) is 11.8. The van der Waals surface area contributed by atoms with Gasteiger partial charge in [-0.05, 0) is 59.9 Å². The molecule has 1 aliphatic rings. The Balaban J connectivity index is 2.33. The Kier molecular flexibility index (Phi) is 8.92. The fourth-order valence-corrected chi connectivity index (χ4v) is 3.14. The summed E-state index contributed by atoms with van der Waals surface area (Å²) >= 11 is 0. The van der Waals surface area contributed by atoms with Crippen LogP contribution in [0.3, 0.4) is 0 Å². The summed E-state index contributed by atoms with van der Waals surface area (Å²) in [5.41, 5.74) is -0.447. The van der Waals surface area contributed by atoms with Gasteiger partial charge in [0, 0.05) is 24.7 Å². The first-order valence-electron chi connectivity index (χ1n) is 9.26. The molecule has 23 heavy (non-hydrogen) atoms. The summed E-state index contributed by atoms with van der Waals surface area (Å²) in [5.74, 6) is 0. The van der Waals surface area contributed by atoms with Crippen molar-refractivity contribution in [2.24, 2.45) is 0 Å². The molecule has 3 unspecified atom stereocenters. The molecule has 0 bridgehead atoms. The number of hydrogen-bond acceptors (Lipinski definition) is 4. The summed E-state index contributed by atoms with van der Waals surface area (Å²) in [6.45, 7) is 11.8. The van der Waals surface area contributed by atoms with Crippen molar-refractivity contribution >= 4 is 6.09 Å². The minimum atomic E-state index is -0.447. The summed E-state index contributed by atoms with van der Waals surface area (Å²) < 4.78 is 5.30. The molecule has 136 valence electrons. The zero-order valence-corrected chi connectivity index (χ0v) is 15.7. The maximum Gasteiger partial charge on any atom is 0.407 e. The molecular weight excluding hydrogens is 290 g/mol. The van der Waals surface area contributed by atoms with E-state index in [-0.39, 0.29) is 6.09 Å². The molecule has 1 rings (SSSR count). The Morgan fingerprint density at radius 3 is 2.65 bits per heavy atom. The maximum atomic E-state index is 11.8. The second kappa shape index (κ2) is 10.1. The van der Waals surface area contributed by atoms with Crippen molar-refractivity contribution in [2.45, 2.75) is 96.9 Å². The molecule has 1 amide bonds. The van der Waals surface area contributed by atoms with Gasteiger partial charge in [0.05, 0.1) is 0 Å². The molecule has 1 fully saturated rings. The van der Waals surface area contributed by atoms with Gasteiger partial charge in [0.15, 0.2) is 0 Å². The topological polar surface area (TPSA) is 62.4 Å². The Bertz CT molecular complexity index is 336. The van der Waals surface area contributed by atoms with Gasteiger partial charge in [-0.3, -0.25) is 0 Å². The number of nitrogens with one attached hydrogen (secondary N) is 3. The average Bonchev–Trinajstić information content (AvgIpc) is 2.44. The van der Waals surface area contributed by atoms with Gasteiger partial charge < -0.3 is 20.7 Å². The van der Waals surface area contributed by atoms with E-state index in [1.54, 1.807) is 0 Å². The molecule has 0 spiro atoms. The zero-order valence-electron chi connectivity index (χ0n) is 15.7. The van der Waals surface area contributed by atoms with Crippen molar-refractivity contribution in [2.75, 3.05) is 13.1 Å². The average molecular weight is 328 g/mol. The van der Waals surface area contributed by atoms with Crippen LogP contribution in [0.1, 0.15) is 73.1 Å². The number of carbonyl (C=O) groups excluding carboxylic acids is 1. The minimum absolute atomic E-state index is 0.297. The lowest BCUT2D eigenvalue weighted by atomic mass is 9.98. The molecule has 0 aliphatic carbocycles. The van der Waals surface area contributed by atoms with Crippen molar-refractivity contribution in [3.63, 3.8) is 0 Å². The highest BCUT2D eigenvalue weighted by Crippen LogP contribution is 2.13. The van der Waals surface area contributed by atoms with E-state index in [1.807, 2.05) is 20.8 Å². The number of ether oxygens (including phenoxy) is 1. The molecule has 1 saturated heterocycles. The number of rotatable bonds is 8. The smallest absolute Gasteiger partial charge is 0.407 e. The lowest BCUT2D eigenvalue weighted by Crippen LogP contribution is -2.47. The van der Waals surface area contributed by atoms with Crippen LogP contribution in [0.15, 0.2) is 0 Å². The third-order valence-electron chi connectivity index (χ3n) is 4.10. The molecule has 3 atom stereocenters. The van der Waals surface area contributed by atoms with Crippen LogP contribution < -0.4 is 16.0 Å². The Morgan fingerprint density at radius 1 is 1.35 bits per heavy atom. The molecule has 0 aromatic heterocycles. The Labute approximate surface area is 142 Å². The Hall–Kier alpha value is -0.810. The fraction of sp³-hybridized carbons (Fsp3) is 0.944. The monoisotopic (exact) mass is 327 g/mol. The van der Waals surface area contributed by atoms with Crippen LogP contribution in [0, 0.1) is 0 Å². The number of hydrogen-bond donors (Lipinski definition) is 3. The van der Waals surface area contributed by atoms with Gasteiger partial charge in [0.2, 0.25) is 0 Å². The Morgan fingerprint density at radius 2 is 2.09 bits per heavy atom. The van der Waals surface area contributed by atoms with Gasteiger partial charge >= 0.3 is 6.09 Å². The number of alkyl carbamates (subject to hydrolysis) is 1. The van der Waals surface area contributed by atoms with Gasteiger partial charge in [-0.1, -0.05) is 19.8 Å². The van der Waals surface area contributed by atoms with E-state index >= 15 is 0 Å². The highest BCUT2D eigenvalue weighted by molar-refractivity contribution is 5.67. The van der Waals surface area contributed by atoms with E-state index in [0.717, 1.165) is 25.8 Å². The van der Waals surface area contributed by atoms with Gasteiger partial charge in [-0.15, -0.1) is 0 Å². The molecule has 0 aromatic rings. The maximum absolute atomic E-state index is 11.8. The SMILES string of the molecule is CCCC(CNC(=O)OC(C)(C)C)NC(C)CC1CCCCN1. The van der Waals surface area contributed by atoms with E-state index in [0.29, 0.717) is 24.7 Å². The quantitative estimate of drug-likeness (QED) is 0.641. The van der Waals surface area contributed by atoms with E-state index in [4.69, 9.17) is 4.74 Å².